The monoisotopic (exact) mass is 272 g/mol. The average Bonchev–Trinajstić information content (AvgIpc) is 3.07. The zero-order valence-corrected chi connectivity index (χ0v) is 11.8. The third kappa shape index (κ3) is 2.43. The fraction of sp³-hybridized carbons (Fsp3) is 0.438. The number of likely N-dealkylation sites (tertiary alicyclic amines) is 1. The van der Waals surface area contributed by atoms with E-state index in [-0.39, 0.29) is 11.9 Å². The average molecular weight is 272 g/mol. The number of hydrogen-bond donors (Lipinski definition) is 0. The maximum absolute atomic E-state index is 12.5. The second kappa shape index (κ2) is 5.67. The summed E-state index contributed by atoms with van der Waals surface area (Å²) in [7, 11) is 1.69. The van der Waals surface area contributed by atoms with Crippen molar-refractivity contribution >= 4 is 16.8 Å². The van der Waals surface area contributed by atoms with E-state index < -0.39 is 0 Å². The van der Waals surface area contributed by atoms with Crippen molar-refractivity contribution < 1.29 is 9.53 Å². The van der Waals surface area contributed by atoms with Gasteiger partial charge in [0.2, 0.25) is 5.91 Å². The van der Waals surface area contributed by atoms with Crippen molar-refractivity contribution in [2.75, 3.05) is 20.3 Å². The van der Waals surface area contributed by atoms with Crippen molar-refractivity contribution in [1.29, 1.82) is 0 Å². The molecule has 1 aliphatic heterocycles. The first-order valence-corrected chi connectivity index (χ1v) is 7.12. The van der Waals surface area contributed by atoms with Gasteiger partial charge >= 0.3 is 0 Å². The molecule has 0 saturated carbocycles. The highest BCUT2D eigenvalue weighted by Gasteiger charge is 2.28. The van der Waals surface area contributed by atoms with E-state index in [1.54, 1.807) is 7.11 Å². The van der Waals surface area contributed by atoms with E-state index in [2.05, 4.69) is 18.2 Å². The molecule has 0 unspecified atom stereocenters. The fourth-order valence-corrected chi connectivity index (χ4v) is 3.04. The predicted octanol–water partition coefficient (Wildman–Crippen LogP) is 2.28. The highest BCUT2D eigenvalue weighted by atomic mass is 16.5. The molecule has 4 heteroatoms. The third-order valence-corrected chi connectivity index (χ3v) is 4.04. The van der Waals surface area contributed by atoms with Crippen LogP contribution in [-0.2, 0) is 16.1 Å². The van der Waals surface area contributed by atoms with Crippen LogP contribution in [0.3, 0.4) is 0 Å². The lowest BCUT2D eigenvalue weighted by molar-refractivity contribution is -0.133. The lowest BCUT2D eigenvalue weighted by Crippen LogP contribution is -2.39. The number of carbonyl (C=O) groups excluding carboxylic acids is 1. The number of nitrogens with zero attached hydrogens (tertiary/aromatic N) is 2. The van der Waals surface area contributed by atoms with Crippen LogP contribution in [0.5, 0.6) is 0 Å². The van der Waals surface area contributed by atoms with E-state index in [4.69, 9.17) is 4.74 Å². The zero-order valence-electron chi connectivity index (χ0n) is 11.8. The van der Waals surface area contributed by atoms with Crippen molar-refractivity contribution in [3.05, 3.63) is 36.5 Å². The SMILES string of the molecule is COC[C@@H]1CCCN1C(=O)Cn1ccc2ccccc21. The molecule has 4 nitrogen and oxygen atoms in total. The van der Waals surface area contributed by atoms with Crippen LogP contribution in [0.25, 0.3) is 10.9 Å². The van der Waals surface area contributed by atoms with Gasteiger partial charge in [-0.3, -0.25) is 4.79 Å². The molecule has 2 aromatic rings. The summed E-state index contributed by atoms with van der Waals surface area (Å²) >= 11 is 0. The van der Waals surface area contributed by atoms with Gasteiger partial charge in [0.15, 0.2) is 0 Å². The van der Waals surface area contributed by atoms with Gasteiger partial charge in [0, 0.05) is 25.4 Å². The summed E-state index contributed by atoms with van der Waals surface area (Å²) < 4.78 is 7.24. The number of carbonyl (C=O) groups is 1. The van der Waals surface area contributed by atoms with Crippen molar-refractivity contribution in [1.82, 2.24) is 9.47 Å². The maximum atomic E-state index is 12.5. The summed E-state index contributed by atoms with van der Waals surface area (Å²) in [5.74, 6) is 0.186. The molecule has 0 aliphatic carbocycles. The van der Waals surface area contributed by atoms with Gasteiger partial charge in [0.25, 0.3) is 0 Å². The van der Waals surface area contributed by atoms with Gasteiger partial charge in [-0.15, -0.1) is 0 Å². The molecule has 106 valence electrons. The summed E-state index contributed by atoms with van der Waals surface area (Å²) in [6.07, 6.45) is 4.11. The number of rotatable bonds is 4. The van der Waals surface area contributed by atoms with Crippen LogP contribution in [0.4, 0.5) is 0 Å². The molecule has 1 aromatic heterocycles. The number of hydrogen-bond acceptors (Lipinski definition) is 2. The summed E-state index contributed by atoms with van der Waals surface area (Å²) in [5, 5.41) is 1.18. The Morgan fingerprint density at radius 3 is 3.05 bits per heavy atom. The third-order valence-electron chi connectivity index (χ3n) is 4.04. The quantitative estimate of drug-likeness (QED) is 0.855. The number of benzene rings is 1. The largest absolute Gasteiger partial charge is 0.383 e. The minimum Gasteiger partial charge on any atom is -0.383 e. The van der Waals surface area contributed by atoms with Crippen LogP contribution < -0.4 is 0 Å². The van der Waals surface area contributed by atoms with Crippen LogP contribution in [-0.4, -0.2) is 41.7 Å². The van der Waals surface area contributed by atoms with E-state index in [0.29, 0.717) is 13.2 Å². The molecule has 0 bridgehead atoms. The van der Waals surface area contributed by atoms with Crippen molar-refractivity contribution in [2.45, 2.75) is 25.4 Å². The van der Waals surface area contributed by atoms with Crippen molar-refractivity contribution in [3.63, 3.8) is 0 Å². The second-order valence-electron chi connectivity index (χ2n) is 5.34. The fourth-order valence-electron chi connectivity index (χ4n) is 3.04. The van der Waals surface area contributed by atoms with Crippen LogP contribution in [0, 0.1) is 0 Å². The number of para-hydroxylation sites is 1. The molecule has 1 amide bonds. The number of amides is 1. The van der Waals surface area contributed by atoms with Crippen LogP contribution in [0.15, 0.2) is 36.5 Å². The highest BCUT2D eigenvalue weighted by Crippen LogP contribution is 2.20. The molecule has 3 rings (SSSR count). The van der Waals surface area contributed by atoms with Gasteiger partial charge < -0.3 is 14.2 Å². The number of ether oxygens (including phenoxy) is 1. The van der Waals surface area contributed by atoms with Gasteiger partial charge in [0.1, 0.15) is 6.54 Å². The van der Waals surface area contributed by atoms with Gasteiger partial charge in [-0.1, -0.05) is 18.2 Å². The topological polar surface area (TPSA) is 34.5 Å². The normalized spacial score (nSPS) is 18.9. The first-order valence-electron chi connectivity index (χ1n) is 7.12. The van der Waals surface area contributed by atoms with Crippen LogP contribution in [0.1, 0.15) is 12.8 Å². The summed E-state index contributed by atoms with van der Waals surface area (Å²) in [4.78, 5) is 14.5. The molecule has 0 radical (unpaired) electrons. The Bertz CT molecular complexity index is 605. The molecule has 1 aromatic carbocycles. The maximum Gasteiger partial charge on any atom is 0.242 e. The van der Waals surface area contributed by atoms with Gasteiger partial charge in [-0.25, -0.2) is 0 Å². The summed E-state index contributed by atoms with van der Waals surface area (Å²) in [6.45, 7) is 1.90. The first-order chi connectivity index (χ1) is 9.79. The molecule has 1 atom stereocenters. The lowest BCUT2D eigenvalue weighted by Gasteiger charge is -2.24. The highest BCUT2D eigenvalue weighted by molar-refractivity contribution is 5.83. The van der Waals surface area contributed by atoms with Crippen LogP contribution >= 0.6 is 0 Å². The Labute approximate surface area is 118 Å². The summed E-state index contributed by atoms with van der Waals surface area (Å²) in [5.41, 5.74) is 1.11. The molecule has 1 saturated heterocycles. The molecular weight excluding hydrogens is 252 g/mol. The van der Waals surface area contributed by atoms with Gasteiger partial charge in [0.05, 0.1) is 12.6 Å². The Morgan fingerprint density at radius 1 is 1.35 bits per heavy atom. The molecule has 2 heterocycles. The Kier molecular flexibility index (Phi) is 3.74. The smallest absolute Gasteiger partial charge is 0.242 e. The molecule has 20 heavy (non-hydrogen) atoms. The number of fused-ring (bicyclic) bond motifs is 1. The predicted molar refractivity (Wildman–Crippen MR) is 78.5 cm³/mol. The lowest BCUT2D eigenvalue weighted by atomic mass is 10.2. The summed E-state index contributed by atoms with van der Waals surface area (Å²) in [6, 6.07) is 10.4. The minimum absolute atomic E-state index is 0.186. The second-order valence-corrected chi connectivity index (χ2v) is 5.34. The Hall–Kier alpha value is -1.81. The molecular formula is C16H20N2O2. The number of methoxy groups -OCH3 is 1. The Balaban J connectivity index is 1.75. The van der Waals surface area contributed by atoms with Crippen molar-refractivity contribution in [3.8, 4) is 0 Å². The Morgan fingerprint density at radius 2 is 2.20 bits per heavy atom. The standard InChI is InChI=1S/C16H20N2O2/c1-20-12-14-6-4-9-18(14)16(19)11-17-10-8-13-5-2-3-7-15(13)17/h2-3,5,7-8,10,14H,4,6,9,11-12H2,1H3/t14-/m0/s1. The first kappa shape index (κ1) is 13.2. The van der Waals surface area contributed by atoms with E-state index in [0.717, 1.165) is 24.9 Å². The van der Waals surface area contributed by atoms with Gasteiger partial charge in [-0.2, -0.15) is 0 Å². The number of aromatic nitrogens is 1. The minimum atomic E-state index is 0.186. The molecule has 1 aliphatic rings. The van der Waals surface area contributed by atoms with Crippen LogP contribution in [0.2, 0.25) is 0 Å². The molecule has 0 spiro atoms. The van der Waals surface area contributed by atoms with Gasteiger partial charge in [-0.05, 0) is 30.4 Å². The zero-order chi connectivity index (χ0) is 13.9. The molecule has 1 fully saturated rings. The van der Waals surface area contributed by atoms with E-state index >= 15 is 0 Å². The van der Waals surface area contributed by atoms with E-state index in [1.807, 2.05) is 27.8 Å². The van der Waals surface area contributed by atoms with Crippen molar-refractivity contribution in [2.24, 2.45) is 0 Å². The van der Waals surface area contributed by atoms with E-state index in [1.165, 1.54) is 5.39 Å². The van der Waals surface area contributed by atoms with E-state index in [9.17, 15) is 4.79 Å². The molecule has 0 N–H and O–H groups in total.